The van der Waals surface area contributed by atoms with Gasteiger partial charge in [0.2, 0.25) is 0 Å². The van der Waals surface area contributed by atoms with Crippen LogP contribution in [0.4, 0.5) is 0 Å². The van der Waals surface area contributed by atoms with Gasteiger partial charge in [0.15, 0.2) is 0 Å². The third kappa shape index (κ3) is 6.60. The molecule has 0 saturated heterocycles. The van der Waals surface area contributed by atoms with Crippen LogP contribution in [0.15, 0.2) is 0 Å². The Bertz CT molecular complexity index is 154. The van der Waals surface area contributed by atoms with E-state index < -0.39 is 0 Å². The number of Topliss-reactive ketones (excluding diaryl/α,β-unsaturated/α-hetero) is 1. The first-order chi connectivity index (χ1) is 6.60. The molecule has 4 nitrogen and oxygen atoms in total. The van der Waals surface area contributed by atoms with Crippen LogP contribution in [0.2, 0.25) is 0 Å². The Labute approximate surface area is 94.2 Å². The van der Waals surface area contributed by atoms with Crippen molar-refractivity contribution in [1.29, 1.82) is 0 Å². The molecule has 0 aliphatic rings. The highest BCUT2D eigenvalue weighted by molar-refractivity contribution is 5.76. The van der Waals surface area contributed by atoms with Gasteiger partial charge in [-0.3, -0.25) is 0 Å². The third-order valence-electron chi connectivity index (χ3n) is 2.28. The van der Waals surface area contributed by atoms with Gasteiger partial charge in [-0.05, 0) is 28.1 Å². The molecule has 0 aliphatic heterocycles. The van der Waals surface area contributed by atoms with Gasteiger partial charge in [-0.15, -0.1) is 0 Å². The molecule has 0 amide bonds. The second kappa shape index (κ2) is 8.83. The fourth-order valence-corrected chi connectivity index (χ4v) is 2.03. The van der Waals surface area contributed by atoms with Crippen LogP contribution in [0.5, 0.6) is 0 Å². The summed E-state index contributed by atoms with van der Waals surface area (Å²) in [7, 11) is 5.75. The van der Waals surface area contributed by atoms with Crippen LogP contribution in [-0.2, 0) is 4.79 Å². The topological polar surface area (TPSA) is 53.2 Å². The fraction of sp³-hybridized carbons (Fsp3) is 0.909. The maximum absolute atomic E-state index is 11.2. The van der Waals surface area contributed by atoms with Crippen LogP contribution in [0.1, 0.15) is 20.8 Å². The molecular weight excluding hydrogens is 190 g/mol. The number of carbonyl (C=O) groups is 1. The minimum absolute atomic E-state index is 0. The number of nitrogens with one attached hydrogen (secondary N) is 3. The Morgan fingerprint density at radius 1 is 1.00 bits per heavy atom. The number of hydrogen-bond donors (Lipinski definition) is 3. The second-order valence-electron chi connectivity index (χ2n) is 3.97. The smallest absolute Gasteiger partial charge is 0.130 e. The summed E-state index contributed by atoms with van der Waals surface area (Å²) in [6, 6.07) is 0. The van der Waals surface area contributed by atoms with Crippen LogP contribution in [0.25, 0.3) is 0 Å². The van der Waals surface area contributed by atoms with Gasteiger partial charge in [0.25, 0.3) is 0 Å². The van der Waals surface area contributed by atoms with Gasteiger partial charge in [-0.1, -0.05) is 7.43 Å². The second-order valence-corrected chi connectivity index (χ2v) is 3.97. The van der Waals surface area contributed by atoms with Gasteiger partial charge in [0.05, 0.1) is 0 Å². The van der Waals surface area contributed by atoms with E-state index in [-0.39, 0.29) is 18.6 Å². The molecule has 0 bridgehead atoms. The van der Waals surface area contributed by atoms with Crippen molar-refractivity contribution in [3.05, 3.63) is 0 Å². The molecule has 0 spiro atoms. The average Bonchev–Trinajstić information content (AvgIpc) is 2.03. The molecule has 0 fully saturated rings. The Hall–Kier alpha value is -0.450. The molecule has 0 aromatic rings. The molecule has 0 saturated carbocycles. The van der Waals surface area contributed by atoms with Crippen molar-refractivity contribution >= 4 is 5.78 Å². The number of rotatable bonds is 8. The molecule has 4 heteroatoms. The minimum atomic E-state index is -0.00984. The summed E-state index contributed by atoms with van der Waals surface area (Å²) in [4.78, 5) is 11.2. The summed E-state index contributed by atoms with van der Waals surface area (Å²) in [5, 5.41) is 9.45. The van der Waals surface area contributed by atoms with Gasteiger partial charge in [0.1, 0.15) is 5.78 Å². The molecule has 0 rings (SSSR count). The molecule has 0 heterocycles. The molecule has 92 valence electrons. The number of hydrogen-bond acceptors (Lipinski definition) is 4. The van der Waals surface area contributed by atoms with E-state index in [1.54, 1.807) is 6.92 Å². The van der Waals surface area contributed by atoms with Gasteiger partial charge < -0.3 is 20.7 Å². The minimum Gasteiger partial charge on any atom is -0.319 e. The highest BCUT2D eigenvalue weighted by Gasteiger charge is 2.29. The summed E-state index contributed by atoms with van der Waals surface area (Å²) in [5.74, 6) is 0.241. The summed E-state index contributed by atoms with van der Waals surface area (Å²) in [6.45, 7) is 4.17. The molecule has 0 aliphatic carbocycles. The lowest BCUT2D eigenvalue weighted by Crippen LogP contribution is -2.47. The Morgan fingerprint density at radius 3 is 1.53 bits per heavy atom. The van der Waals surface area contributed by atoms with E-state index >= 15 is 0 Å². The zero-order chi connectivity index (χ0) is 11.0. The van der Waals surface area contributed by atoms with Crippen LogP contribution in [0, 0.1) is 5.41 Å². The summed E-state index contributed by atoms with van der Waals surface area (Å²) >= 11 is 0. The van der Waals surface area contributed by atoms with Crippen LogP contribution in [-0.4, -0.2) is 46.6 Å². The Kier molecular flexibility index (Phi) is 9.98. The van der Waals surface area contributed by atoms with Crippen molar-refractivity contribution in [3.8, 4) is 0 Å². The van der Waals surface area contributed by atoms with Crippen LogP contribution >= 0.6 is 0 Å². The third-order valence-corrected chi connectivity index (χ3v) is 2.28. The van der Waals surface area contributed by atoms with E-state index in [9.17, 15) is 4.79 Å². The zero-order valence-electron chi connectivity index (χ0n) is 9.74. The van der Waals surface area contributed by atoms with Gasteiger partial charge in [-0.2, -0.15) is 0 Å². The molecule has 3 N–H and O–H groups in total. The molecule has 0 atom stereocenters. The average molecular weight is 217 g/mol. The lowest BCUT2D eigenvalue weighted by atomic mass is 9.82. The Morgan fingerprint density at radius 2 is 1.33 bits per heavy atom. The molecule has 15 heavy (non-hydrogen) atoms. The van der Waals surface area contributed by atoms with Crippen molar-refractivity contribution in [3.63, 3.8) is 0 Å². The number of carbonyl (C=O) groups excluding carboxylic acids is 1. The van der Waals surface area contributed by atoms with Crippen molar-refractivity contribution in [2.24, 2.45) is 5.41 Å². The van der Waals surface area contributed by atoms with Crippen molar-refractivity contribution in [1.82, 2.24) is 16.0 Å². The first-order valence-corrected chi connectivity index (χ1v) is 5.03. The zero-order valence-corrected chi connectivity index (χ0v) is 9.74. The predicted molar refractivity (Wildman–Crippen MR) is 66.2 cm³/mol. The highest BCUT2D eigenvalue weighted by Crippen LogP contribution is 2.19. The van der Waals surface area contributed by atoms with Crippen LogP contribution in [0.3, 0.4) is 0 Å². The molecule has 0 unspecified atom stereocenters. The molecular formula is C11H27N3O. The quantitative estimate of drug-likeness (QED) is 0.545. The van der Waals surface area contributed by atoms with Gasteiger partial charge in [-0.25, -0.2) is 0 Å². The maximum atomic E-state index is 11.2. The highest BCUT2D eigenvalue weighted by atomic mass is 16.1. The van der Waals surface area contributed by atoms with Crippen molar-refractivity contribution < 1.29 is 4.79 Å². The largest absolute Gasteiger partial charge is 0.319 e. The van der Waals surface area contributed by atoms with Crippen LogP contribution < -0.4 is 16.0 Å². The molecule has 0 radical (unpaired) electrons. The van der Waals surface area contributed by atoms with Crippen molar-refractivity contribution in [2.75, 3.05) is 40.8 Å². The summed E-state index contributed by atoms with van der Waals surface area (Å²) in [6.07, 6.45) is 0.607. The standard InChI is InChI=1S/C10H23N3O.CH4/c1-9(14)5-10(6-11-2,7-12-3)8-13-4;/h11-13H,5-8H2,1-4H3;1H4. The van der Waals surface area contributed by atoms with E-state index in [0.717, 1.165) is 19.6 Å². The molecule has 0 aromatic carbocycles. The maximum Gasteiger partial charge on any atom is 0.130 e. The first kappa shape index (κ1) is 17.0. The first-order valence-electron chi connectivity index (χ1n) is 5.03. The predicted octanol–water partition coefficient (Wildman–Crippen LogP) is 0.246. The van der Waals surface area contributed by atoms with E-state index in [2.05, 4.69) is 16.0 Å². The summed E-state index contributed by atoms with van der Waals surface area (Å²) in [5.41, 5.74) is -0.00984. The monoisotopic (exact) mass is 217 g/mol. The number of ketones is 1. The van der Waals surface area contributed by atoms with E-state index in [4.69, 9.17) is 0 Å². The van der Waals surface area contributed by atoms with E-state index in [1.807, 2.05) is 21.1 Å². The fourth-order valence-electron chi connectivity index (χ4n) is 2.03. The summed E-state index contributed by atoms with van der Waals surface area (Å²) < 4.78 is 0. The SMILES string of the molecule is C.CNCC(CNC)(CNC)CC(C)=O. The lowest BCUT2D eigenvalue weighted by molar-refractivity contribution is -0.119. The van der Waals surface area contributed by atoms with Gasteiger partial charge in [0, 0.05) is 31.5 Å². The normalized spacial score (nSPS) is 10.9. The Balaban J connectivity index is 0. The van der Waals surface area contributed by atoms with Gasteiger partial charge >= 0.3 is 0 Å². The van der Waals surface area contributed by atoms with Crippen molar-refractivity contribution in [2.45, 2.75) is 20.8 Å². The van der Waals surface area contributed by atoms with E-state index in [0.29, 0.717) is 6.42 Å². The molecule has 0 aromatic heterocycles. The lowest BCUT2D eigenvalue weighted by Gasteiger charge is -2.32. The van der Waals surface area contributed by atoms with E-state index in [1.165, 1.54) is 0 Å².